The zero-order valence-corrected chi connectivity index (χ0v) is 26.8. The Morgan fingerprint density at radius 2 is 0.475 bits per heavy atom. The summed E-state index contributed by atoms with van der Waals surface area (Å²) < 4.78 is 62.8. The van der Waals surface area contributed by atoms with E-state index in [2.05, 4.69) is 0 Å². The van der Waals surface area contributed by atoms with E-state index >= 15 is 0 Å². The normalized spacial score (nSPS) is 24.7. The fourth-order valence-electron chi connectivity index (χ4n) is 4.03. The Morgan fingerprint density at radius 1 is 0.350 bits per heavy atom. The minimum atomic E-state index is -3.99. The molecular weight excluding hydrogens is 625 g/mol. The van der Waals surface area contributed by atoms with Gasteiger partial charge in [0.05, 0.1) is 36.6 Å². The van der Waals surface area contributed by atoms with Crippen LogP contribution in [0.5, 0.6) is 0 Å². The molecule has 0 unspecified atom stereocenters. The second-order valence-corrected chi connectivity index (χ2v) is 15.2. The first-order valence-electron chi connectivity index (χ1n) is 14.5. The van der Waals surface area contributed by atoms with Crippen molar-refractivity contribution in [3.63, 3.8) is 0 Å². The number of hydrogen-bond donors (Lipinski definition) is 0. The van der Waals surface area contributed by atoms with Gasteiger partial charge in [0.15, 0.2) is 0 Å². The van der Waals surface area contributed by atoms with Crippen LogP contribution in [-0.2, 0) is 58.2 Å². The van der Waals surface area contributed by atoms with Crippen LogP contribution >= 0.6 is 23.5 Å². The van der Waals surface area contributed by atoms with Crippen LogP contribution in [0.2, 0.25) is 0 Å². The summed E-state index contributed by atoms with van der Waals surface area (Å²) in [6, 6.07) is 0. The SMILES string of the molecule is O=P([O-])(OC1CCC1)OC1CCC1.O=P([O-])(OC1CCC1)OC1CCC1.O=P([O-])(OC1CCC1)OC1CCC1.[Cr+3]. The quantitative estimate of drug-likeness (QED) is 0.261. The Hall–Kier alpha value is 0.862. The molecule has 6 aliphatic carbocycles. The summed E-state index contributed by atoms with van der Waals surface area (Å²) in [6.45, 7) is 0. The van der Waals surface area contributed by atoms with Gasteiger partial charge in [0, 0.05) is 0 Å². The Morgan fingerprint density at radius 3 is 0.550 bits per heavy atom. The van der Waals surface area contributed by atoms with Crippen LogP contribution in [0.4, 0.5) is 0 Å². The van der Waals surface area contributed by atoms with Crippen LogP contribution in [0.25, 0.3) is 0 Å². The van der Waals surface area contributed by atoms with Gasteiger partial charge in [0.25, 0.3) is 23.5 Å². The Labute approximate surface area is 248 Å². The van der Waals surface area contributed by atoms with Crippen molar-refractivity contribution in [3.05, 3.63) is 0 Å². The third-order valence-electron chi connectivity index (χ3n) is 7.98. The van der Waals surface area contributed by atoms with E-state index < -0.39 is 23.5 Å². The average molecular weight is 668 g/mol. The molecule has 6 fully saturated rings. The molecule has 0 saturated heterocycles. The summed E-state index contributed by atoms with van der Waals surface area (Å²) in [7, 11) is -12.0. The molecule has 0 spiro atoms. The van der Waals surface area contributed by atoms with Crippen molar-refractivity contribution >= 4 is 23.5 Å². The molecule has 6 aliphatic rings. The largest absolute Gasteiger partial charge is 3.00 e. The number of phosphoric acid groups is 3. The molecule has 0 N–H and O–H groups in total. The molecule has 231 valence electrons. The van der Waals surface area contributed by atoms with Gasteiger partial charge in [-0.15, -0.1) is 0 Å². The van der Waals surface area contributed by atoms with E-state index in [-0.39, 0.29) is 54.0 Å². The second-order valence-electron chi connectivity index (χ2n) is 11.3. The van der Waals surface area contributed by atoms with Crippen molar-refractivity contribution in [2.24, 2.45) is 0 Å². The van der Waals surface area contributed by atoms with Crippen LogP contribution in [0.15, 0.2) is 0 Å². The van der Waals surface area contributed by atoms with E-state index in [1.807, 2.05) is 0 Å². The molecule has 0 bridgehead atoms. The van der Waals surface area contributed by atoms with E-state index in [0.717, 1.165) is 116 Å². The summed E-state index contributed by atoms with van der Waals surface area (Å²) in [5, 5.41) is 0. The monoisotopic (exact) mass is 667 g/mol. The Balaban J connectivity index is 0.000000163. The minimum Gasteiger partial charge on any atom is -0.756 e. The van der Waals surface area contributed by atoms with E-state index in [1.54, 1.807) is 0 Å². The van der Waals surface area contributed by atoms with Crippen LogP contribution in [0.1, 0.15) is 116 Å². The molecule has 0 heterocycles. The maximum absolute atomic E-state index is 11.2. The average Bonchev–Trinajstić information content (AvgIpc) is 2.69. The molecule has 0 amide bonds. The first-order chi connectivity index (χ1) is 18.5. The molecular formula is C24H42CrO12P3. The minimum absolute atomic E-state index is 0. The molecule has 16 heteroatoms. The number of hydrogen-bond acceptors (Lipinski definition) is 12. The van der Waals surface area contributed by atoms with Crippen molar-refractivity contribution in [1.82, 2.24) is 0 Å². The Bertz CT molecular complexity index is 727. The smallest absolute Gasteiger partial charge is 0.756 e. The summed E-state index contributed by atoms with van der Waals surface area (Å²) in [5.41, 5.74) is 0. The van der Waals surface area contributed by atoms with E-state index in [4.69, 9.17) is 27.1 Å². The number of rotatable bonds is 12. The van der Waals surface area contributed by atoms with Gasteiger partial charge >= 0.3 is 17.4 Å². The molecule has 1 radical (unpaired) electrons. The predicted molar refractivity (Wildman–Crippen MR) is 135 cm³/mol. The maximum atomic E-state index is 11.2. The van der Waals surface area contributed by atoms with Crippen LogP contribution in [0.3, 0.4) is 0 Å². The maximum Gasteiger partial charge on any atom is 3.00 e. The molecule has 12 nitrogen and oxygen atoms in total. The third-order valence-corrected chi connectivity index (χ3v) is 11.3. The van der Waals surface area contributed by atoms with Gasteiger partial charge in [-0.25, -0.2) is 0 Å². The predicted octanol–water partition coefficient (Wildman–Crippen LogP) is 4.78. The third kappa shape index (κ3) is 12.5. The summed E-state index contributed by atoms with van der Waals surface area (Å²) in [4.78, 5) is 33.7. The molecule has 6 rings (SSSR count). The van der Waals surface area contributed by atoms with Crippen LogP contribution < -0.4 is 14.7 Å². The van der Waals surface area contributed by atoms with Crippen molar-refractivity contribution < 1.29 is 72.9 Å². The van der Waals surface area contributed by atoms with Crippen LogP contribution in [0, 0.1) is 0 Å². The van der Waals surface area contributed by atoms with Gasteiger partial charge in [-0.3, -0.25) is 13.7 Å². The molecule has 0 aromatic heterocycles. The van der Waals surface area contributed by atoms with Gasteiger partial charge in [-0.1, -0.05) is 0 Å². The first kappa shape index (κ1) is 35.3. The van der Waals surface area contributed by atoms with Crippen molar-refractivity contribution in [1.29, 1.82) is 0 Å². The second kappa shape index (κ2) is 16.3. The fourth-order valence-corrected chi connectivity index (χ4v) is 7.63. The number of phosphoric ester groups is 3. The molecule has 0 aliphatic heterocycles. The summed E-state index contributed by atoms with van der Waals surface area (Å²) >= 11 is 0. The molecule has 0 aromatic carbocycles. The summed E-state index contributed by atoms with van der Waals surface area (Å²) in [5.74, 6) is 0. The standard InChI is InChI=1S/3C8H15O4P.Cr/c3*9-13(10,11-7-3-1-4-7)12-8-5-2-6-8;/h3*7-8H,1-6H2,(H,9,10);/q;;;+3/p-3. The molecule has 40 heavy (non-hydrogen) atoms. The fraction of sp³-hybridized carbons (Fsp3) is 1.00. The topological polar surface area (TPSA) is 176 Å². The zero-order chi connectivity index (χ0) is 27.9. The zero-order valence-electron chi connectivity index (χ0n) is 22.8. The van der Waals surface area contributed by atoms with Crippen molar-refractivity contribution in [3.8, 4) is 0 Å². The van der Waals surface area contributed by atoms with Gasteiger partial charge in [-0.2, -0.15) is 0 Å². The van der Waals surface area contributed by atoms with E-state index in [1.165, 1.54) is 0 Å². The van der Waals surface area contributed by atoms with E-state index in [0.29, 0.717) is 0 Å². The van der Waals surface area contributed by atoms with Gasteiger partial charge < -0.3 is 41.8 Å². The van der Waals surface area contributed by atoms with Gasteiger partial charge in [0.2, 0.25) is 0 Å². The molecule has 0 aromatic rings. The molecule has 0 atom stereocenters. The van der Waals surface area contributed by atoms with Crippen molar-refractivity contribution in [2.45, 2.75) is 152 Å². The Kier molecular flexibility index (Phi) is 14.4. The van der Waals surface area contributed by atoms with Crippen LogP contribution in [-0.4, -0.2) is 36.6 Å². The molecule has 6 saturated carbocycles. The van der Waals surface area contributed by atoms with Gasteiger partial charge in [-0.05, 0) is 116 Å². The first-order valence-corrected chi connectivity index (χ1v) is 18.9. The van der Waals surface area contributed by atoms with E-state index in [9.17, 15) is 28.4 Å². The summed E-state index contributed by atoms with van der Waals surface area (Å²) in [6.07, 6.45) is 15.9. The van der Waals surface area contributed by atoms with Crippen molar-refractivity contribution in [2.75, 3.05) is 0 Å². The van der Waals surface area contributed by atoms with Gasteiger partial charge in [0.1, 0.15) is 0 Å².